The number of rotatable bonds is 5. The summed E-state index contributed by atoms with van der Waals surface area (Å²) in [5.41, 5.74) is 3.21. The number of benzene rings is 2. The van der Waals surface area contributed by atoms with Crippen molar-refractivity contribution < 1.29 is 4.39 Å². The molecule has 0 N–H and O–H groups in total. The third kappa shape index (κ3) is 4.14. The Kier molecular flexibility index (Phi) is 5.02. The second kappa shape index (κ2) is 7.74. The number of piperidine rings is 1. The molecule has 0 aliphatic carbocycles. The van der Waals surface area contributed by atoms with Crippen LogP contribution in [0.1, 0.15) is 30.4 Å². The Balaban J connectivity index is 1.41. The van der Waals surface area contributed by atoms with E-state index in [4.69, 9.17) is 0 Å². The minimum absolute atomic E-state index is 0.245. The van der Waals surface area contributed by atoms with Gasteiger partial charge in [-0.15, -0.1) is 10.2 Å². The van der Waals surface area contributed by atoms with Crippen molar-refractivity contribution in [3.63, 3.8) is 0 Å². The molecular weight excluding hydrogens is 329 g/mol. The van der Waals surface area contributed by atoms with Crippen molar-refractivity contribution in [3.05, 3.63) is 65.5 Å². The smallest absolute Gasteiger partial charge is 0.204 e. The van der Waals surface area contributed by atoms with Crippen LogP contribution in [0.15, 0.2) is 48.5 Å². The second-order valence-electron chi connectivity index (χ2n) is 6.80. The molecule has 134 valence electrons. The first-order valence-corrected chi connectivity index (χ1v) is 9.10. The SMILES string of the molecule is Fc1ccc(Cn2nnc(-c3ccc(CN4CCCCC4)cc3)n2)cc1. The van der Waals surface area contributed by atoms with E-state index >= 15 is 0 Å². The topological polar surface area (TPSA) is 46.8 Å². The van der Waals surface area contributed by atoms with Gasteiger partial charge in [-0.25, -0.2) is 4.39 Å². The largest absolute Gasteiger partial charge is 0.299 e. The van der Waals surface area contributed by atoms with Crippen molar-refractivity contribution in [2.45, 2.75) is 32.4 Å². The summed E-state index contributed by atoms with van der Waals surface area (Å²) in [6, 6.07) is 14.7. The number of nitrogens with zero attached hydrogens (tertiary/aromatic N) is 5. The van der Waals surface area contributed by atoms with Crippen molar-refractivity contribution in [1.82, 2.24) is 25.1 Å². The molecule has 1 aromatic heterocycles. The Hall–Kier alpha value is -2.60. The van der Waals surface area contributed by atoms with E-state index in [2.05, 4.69) is 44.6 Å². The van der Waals surface area contributed by atoms with Crippen LogP contribution in [-0.2, 0) is 13.1 Å². The van der Waals surface area contributed by atoms with E-state index < -0.39 is 0 Å². The van der Waals surface area contributed by atoms with E-state index in [1.54, 1.807) is 12.1 Å². The van der Waals surface area contributed by atoms with Crippen LogP contribution >= 0.6 is 0 Å². The first-order valence-electron chi connectivity index (χ1n) is 9.10. The zero-order valence-corrected chi connectivity index (χ0v) is 14.7. The first kappa shape index (κ1) is 16.8. The van der Waals surface area contributed by atoms with E-state index in [1.165, 1.54) is 54.8 Å². The summed E-state index contributed by atoms with van der Waals surface area (Å²) in [5.74, 6) is 0.363. The van der Waals surface area contributed by atoms with Gasteiger partial charge in [-0.3, -0.25) is 4.90 Å². The molecule has 0 amide bonds. The summed E-state index contributed by atoms with van der Waals surface area (Å²) >= 11 is 0. The lowest BCUT2D eigenvalue weighted by molar-refractivity contribution is 0.221. The van der Waals surface area contributed by atoms with E-state index in [-0.39, 0.29) is 5.82 Å². The maximum atomic E-state index is 13.0. The summed E-state index contributed by atoms with van der Waals surface area (Å²) in [4.78, 5) is 4.04. The van der Waals surface area contributed by atoms with Gasteiger partial charge in [-0.05, 0) is 54.4 Å². The number of hydrogen-bond donors (Lipinski definition) is 0. The Labute approximate surface area is 152 Å². The van der Waals surface area contributed by atoms with Gasteiger partial charge in [0, 0.05) is 12.1 Å². The maximum Gasteiger partial charge on any atom is 0.204 e. The molecule has 0 radical (unpaired) electrons. The summed E-state index contributed by atoms with van der Waals surface area (Å²) in [5, 5.41) is 12.7. The van der Waals surface area contributed by atoms with E-state index in [0.29, 0.717) is 12.4 Å². The van der Waals surface area contributed by atoms with Gasteiger partial charge in [0.1, 0.15) is 5.82 Å². The number of aromatic nitrogens is 4. The molecule has 5 nitrogen and oxygen atoms in total. The summed E-state index contributed by atoms with van der Waals surface area (Å²) in [6.45, 7) is 3.87. The van der Waals surface area contributed by atoms with Gasteiger partial charge in [0.25, 0.3) is 0 Å². The fourth-order valence-corrected chi connectivity index (χ4v) is 3.31. The zero-order chi connectivity index (χ0) is 17.8. The molecule has 3 aromatic rings. The number of hydrogen-bond acceptors (Lipinski definition) is 4. The van der Waals surface area contributed by atoms with Crippen molar-refractivity contribution in [3.8, 4) is 11.4 Å². The molecule has 26 heavy (non-hydrogen) atoms. The number of halogens is 1. The van der Waals surface area contributed by atoms with Crippen LogP contribution in [0.25, 0.3) is 11.4 Å². The summed E-state index contributed by atoms with van der Waals surface area (Å²) in [7, 11) is 0. The number of tetrazole rings is 1. The molecule has 1 aliphatic rings. The molecule has 1 aliphatic heterocycles. The minimum atomic E-state index is -0.245. The van der Waals surface area contributed by atoms with Gasteiger partial charge in [-0.2, -0.15) is 4.80 Å². The first-order chi connectivity index (χ1) is 12.8. The molecule has 0 spiro atoms. The van der Waals surface area contributed by atoms with E-state index in [0.717, 1.165) is 17.7 Å². The maximum absolute atomic E-state index is 13.0. The third-order valence-electron chi connectivity index (χ3n) is 4.76. The van der Waals surface area contributed by atoms with Gasteiger partial charge in [0.05, 0.1) is 6.54 Å². The normalized spacial score (nSPS) is 15.3. The van der Waals surface area contributed by atoms with Gasteiger partial charge in [0.2, 0.25) is 5.82 Å². The van der Waals surface area contributed by atoms with Crippen LogP contribution in [0.2, 0.25) is 0 Å². The lowest BCUT2D eigenvalue weighted by Crippen LogP contribution is -2.28. The molecule has 0 bridgehead atoms. The van der Waals surface area contributed by atoms with Gasteiger partial charge in [-0.1, -0.05) is 42.8 Å². The molecule has 0 saturated carbocycles. The lowest BCUT2D eigenvalue weighted by Gasteiger charge is -2.26. The highest BCUT2D eigenvalue weighted by Crippen LogP contribution is 2.17. The average molecular weight is 351 g/mol. The predicted molar refractivity (Wildman–Crippen MR) is 97.9 cm³/mol. The molecular formula is C20H22FN5. The molecule has 1 fully saturated rings. The molecule has 1 saturated heterocycles. The van der Waals surface area contributed by atoms with Crippen molar-refractivity contribution in [2.75, 3.05) is 13.1 Å². The fourth-order valence-electron chi connectivity index (χ4n) is 3.31. The highest BCUT2D eigenvalue weighted by molar-refractivity contribution is 5.54. The second-order valence-corrected chi connectivity index (χ2v) is 6.80. The molecule has 2 heterocycles. The van der Waals surface area contributed by atoms with Gasteiger partial charge >= 0.3 is 0 Å². The van der Waals surface area contributed by atoms with Crippen LogP contribution in [0.5, 0.6) is 0 Å². The zero-order valence-electron chi connectivity index (χ0n) is 14.7. The third-order valence-corrected chi connectivity index (χ3v) is 4.76. The van der Waals surface area contributed by atoms with Crippen molar-refractivity contribution >= 4 is 0 Å². The molecule has 6 heteroatoms. The molecule has 2 aromatic carbocycles. The Morgan fingerprint density at radius 1 is 0.808 bits per heavy atom. The Morgan fingerprint density at radius 2 is 1.46 bits per heavy atom. The average Bonchev–Trinajstić information content (AvgIpc) is 3.14. The standard InChI is InChI=1S/C20H22FN5/c21-19-10-6-17(7-11-19)15-26-23-20(22-24-26)18-8-4-16(5-9-18)14-25-12-2-1-3-13-25/h4-11H,1-3,12-15H2. The monoisotopic (exact) mass is 351 g/mol. The van der Waals surface area contributed by atoms with Crippen molar-refractivity contribution in [2.24, 2.45) is 0 Å². The Bertz CT molecular complexity index is 835. The van der Waals surface area contributed by atoms with Crippen molar-refractivity contribution in [1.29, 1.82) is 0 Å². The van der Waals surface area contributed by atoms with Crippen LogP contribution < -0.4 is 0 Å². The van der Waals surface area contributed by atoms with Crippen LogP contribution in [0.3, 0.4) is 0 Å². The summed E-state index contributed by atoms with van der Waals surface area (Å²) in [6.07, 6.45) is 3.97. The van der Waals surface area contributed by atoms with Gasteiger partial charge in [0.15, 0.2) is 0 Å². The lowest BCUT2D eigenvalue weighted by atomic mass is 10.1. The molecule has 0 atom stereocenters. The highest BCUT2D eigenvalue weighted by atomic mass is 19.1. The minimum Gasteiger partial charge on any atom is -0.299 e. The van der Waals surface area contributed by atoms with Gasteiger partial charge < -0.3 is 0 Å². The van der Waals surface area contributed by atoms with Crippen LogP contribution in [0, 0.1) is 5.82 Å². The van der Waals surface area contributed by atoms with E-state index in [1.807, 2.05) is 0 Å². The number of likely N-dealkylation sites (tertiary alicyclic amines) is 1. The molecule has 4 rings (SSSR count). The summed E-state index contributed by atoms with van der Waals surface area (Å²) < 4.78 is 13.0. The fraction of sp³-hybridized carbons (Fsp3) is 0.350. The van der Waals surface area contributed by atoms with Crippen LogP contribution in [-0.4, -0.2) is 38.2 Å². The molecule has 0 unspecified atom stereocenters. The Morgan fingerprint density at radius 3 is 2.19 bits per heavy atom. The highest BCUT2D eigenvalue weighted by Gasteiger charge is 2.11. The van der Waals surface area contributed by atoms with E-state index in [9.17, 15) is 4.39 Å². The predicted octanol–water partition coefficient (Wildman–Crippen LogP) is 3.51. The van der Waals surface area contributed by atoms with Crippen LogP contribution in [0.4, 0.5) is 4.39 Å². The quantitative estimate of drug-likeness (QED) is 0.706.